The van der Waals surface area contributed by atoms with Crippen LogP contribution >= 0.6 is 0 Å². The van der Waals surface area contributed by atoms with Crippen molar-refractivity contribution in [1.82, 2.24) is 9.97 Å². The van der Waals surface area contributed by atoms with E-state index in [1.54, 1.807) is 0 Å². The van der Waals surface area contributed by atoms with Crippen LogP contribution in [-0.4, -0.2) is 21.0 Å². The summed E-state index contributed by atoms with van der Waals surface area (Å²) in [5.74, 6) is -0.406. The first kappa shape index (κ1) is 18.9. The SMILES string of the molecule is O=[N+]([O-])c1c(Nc2cccc(C(F)(F)F)c2)ncnc1OC1CCCCC1. The molecule has 0 saturated heterocycles. The summed E-state index contributed by atoms with van der Waals surface area (Å²) in [6, 6.07) is 4.34. The number of aromatic nitrogens is 2. The van der Waals surface area contributed by atoms with Gasteiger partial charge in [0, 0.05) is 5.69 Å². The molecule has 1 aliphatic rings. The Bertz CT molecular complexity index is 823. The van der Waals surface area contributed by atoms with Crippen molar-refractivity contribution in [2.45, 2.75) is 44.4 Å². The number of nitrogens with one attached hydrogen (secondary N) is 1. The number of benzene rings is 1. The standard InChI is InChI=1S/C17H17F3N4O3/c18-17(19,20)11-5-4-6-12(9-11)23-15-14(24(25)26)16(22-10-21-15)27-13-7-2-1-3-8-13/h4-6,9-10,13H,1-3,7-8H2,(H,21,22,23). The van der Waals surface area contributed by atoms with E-state index < -0.39 is 22.4 Å². The Morgan fingerprint density at radius 3 is 2.59 bits per heavy atom. The predicted molar refractivity (Wildman–Crippen MR) is 90.9 cm³/mol. The number of ether oxygens (including phenoxy) is 1. The van der Waals surface area contributed by atoms with Gasteiger partial charge in [-0.2, -0.15) is 18.2 Å². The summed E-state index contributed by atoms with van der Waals surface area (Å²) in [4.78, 5) is 18.5. The van der Waals surface area contributed by atoms with Crippen molar-refractivity contribution >= 4 is 17.2 Å². The van der Waals surface area contributed by atoms with Crippen LogP contribution in [0.5, 0.6) is 5.88 Å². The lowest BCUT2D eigenvalue weighted by Crippen LogP contribution is -2.21. The maximum absolute atomic E-state index is 12.9. The van der Waals surface area contributed by atoms with Gasteiger partial charge in [0.1, 0.15) is 12.4 Å². The molecule has 1 N–H and O–H groups in total. The fourth-order valence-electron chi connectivity index (χ4n) is 2.96. The minimum Gasteiger partial charge on any atom is -0.469 e. The number of hydrogen-bond donors (Lipinski definition) is 1. The topological polar surface area (TPSA) is 90.2 Å². The molecule has 0 amide bonds. The normalized spacial score (nSPS) is 15.4. The summed E-state index contributed by atoms with van der Waals surface area (Å²) in [7, 11) is 0. The van der Waals surface area contributed by atoms with E-state index in [-0.39, 0.29) is 23.5 Å². The van der Waals surface area contributed by atoms with E-state index in [4.69, 9.17) is 4.74 Å². The number of halogens is 3. The summed E-state index contributed by atoms with van der Waals surface area (Å²) in [5, 5.41) is 14.1. The maximum atomic E-state index is 12.9. The Morgan fingerprint density at radius 1 is 1.19 bits per heavy atom. The Kier molecular flexibility index (Phi) is 5.43. The van der Waals surface area contributed by atoms with Crippen molar-refractivity contribution in [3.63, 3.8) is 0 Å². The molecule has 0 atom stereocenters. The Hall–Kier alpha value is -2.91. The molecule has 1 aliphatic carbocycles. The smallest absolute Gasteiger partial charge is 0.416 e. The highest BCUT2D eigenvalue weighted by Gasteiger charge is 2.31. The van der Waals surface area contributed by atoms with E-state index in [2.05, 4.69) is 15.3 Å². The second-order valence-corrected chi connectivity index (χ2v) is 6.21. The van der Waals surface area contributed by atoms with Gasteiger partial charge in [0.15, 0.2) is 0 Å². The first-order chi connectivity index (χ1) is 12.8. The summed E-state index contributed by atoms with van der Waals surface area (Å²) >= 11 is 0. The van der Waals surface area contributed by atoms with Gasteiger partial charge in [0.2, 0.25) is 5.82 Å². The van der Waals surface area contributed by atoms with Gasteiger partial charge in [0.25, 0.3) is 5.88 Å². The van der Waals surface area contributed by atoms with Crippen LogP contribution in [0.25, 0.3) is 0 Å². The van der Waals surface area contributed by atoms with Crippen LogP contribution in [0.2, 0.25) is 0 Å². The molecule has 2 aromatic rings. The molecule has 144 valence electrons. The molecule has 1 aromatic carbocycles. The fraction of sp³-hybridized carbons (Fsp3) is 0.412. The van der Waals surface area contributed by atoms with E-state index in [1.807, 2.05) is 0 Å². The van der Waals surface area contributed by atoms with Crippen LogP contribution in [0.1, 0.15) is 37.7 Å². The molecule has 0 aliphatic heterocycles. The molecular weight excluding hydrogens is 365 g/mol. The third-order valence-electron chi connectivity index (χ3n) is 4.25. The van der Waals surface area contributed by atoms with Gasteiger partial charge >= 0.3 is 11.9 Å². The van der Waals surface area contributed by atoms with Crippen LogP contribution in [-0.2, 0) is 6.18 Å². The zero-order valence-corrected chi connectivity index (χ0v) is 14.2. The molecule has 1 fully saturated rings. The lowest BCUT2D eigenvalue weighted by Gasteiger charge is -2.22. The summed E-state index contributed by atoms with van der Waals surface area (Å²) in [6.07, 6.45) is 0.973. The summed E-state index contributed by atoms with van der Waals surface area (Å²) in [5.41, 5.74) is -1.35. The van der Waals surface area contributed by atoms with Crippen molar-refractivity contribution in [2.75, 3.05) is 5.32 Å². The van der Waals surface area contributed by atoms with Crippen LogP contribution in [0, 0.1) is 10.1 Å². The molecule has 1 heterocycles. The number of nitro groups is 1. The Morgan fingerprint density at radius 2 is 1.93 bits per heavy atom. The van der Waals surface area contributed by atoms with Crippen LogP contribution in [0.15, 0.2) is 30.6 Å². The van der Waals surface area contributed by atoms with Crippen molar-refractivity contribution in [3.8, 4) is 5.88 Å². The Labute approximate surface area is 152 Å². The number of rotatable bonds is 5. The second kappa shape index (κ2) is 7.77. The molecule has 27 heavy (non-hydrogen) atoms. The molecular formula is C17H17F3N4O3. The average molecular weight is 382 g/mol. The van der Waals surface area contributed by atoms with Gasteiger partial charge in [-0.1, -0.05) is 12.5 Å². The largest absolute Gasteiger partial charge is 0.469 e. The van der Waals surface area contributed by atoms with Gasteiger partial charge in [-0.15, -0.1) is 0 Å². The number of anilines is 2. The zero-order valence-electron chi connectivity index (χ0n) is 14.2. The van der Waals surface area contributed by atoms with Crippen molar-refractivity contribution in [3.05, 3.63) is 46.3 Å². The highest BCUT2D eigenvalue weighted by atomic mass is 19.4. The molecule has 0 radical (unpaired) electrons. The van der Waals surface area contributed by atoms with E-state index in [1.165, 1.54) is 12.1 Å². The van der Waals surface area contributed by atoms with Gasteiger partial charge in [0.05, 0.1) is 10.5 Å². The number of alkyl halides is 3. The fourth-order valence-corrected chi connectivity index (χ4v) is 2.96. The summed E-state index contributed by atoms with van der Waals surface area (Å²) < 4.78 is 44.3. The molecule has 3 rings (SSSR count). The van der Waals surface area contributed by atoms with E-state index in [0.29, 0.717) is 0 Å². The molecule has 10 heteroatoms. The van der Waals surface area contributed by atoms with E-state index in [9.17, 15) is 23.3 Å². The maximum Gasteiger partial charge on any atom is 0.416 e. The zero-order chi connectivity index (χ0) is 19.4. The molecule has 0 bridgehead atoms. The first-order valence-electron chi connectivity index (χ1n) is 8.45. The minimum absolute atomic E-state index is 0.0234. The van der Waals surface area contributed by atoms with Gasteiger partial charge < -0.3 is 10.1 Å². The predicted octanol–water partition coefficient (Wildman–Crippen LogP) is 4.86. The molecule has 7 nitrogen and oxygen atoms in total. The number of hydrogen-bond acceptors (Lipinski definition) is 6. The molecule has 1 aromatic heterocycles. The molecule has 0 spiro atoms. The average Bonchev–Trinajstić information content (AvgIpc) is 2.62. The quantitative estimate of drug-likeness (QED) is 0.587. The van der Waals surface area contributed by atoms with Gasteiger partial charge in [-0.3, -0.25) is 10.1 Å². The second-order valence-electron chi connectivity index (χ2n) is 6.21. The van der Waals surface area contributed by atoms with Crippen molar-refractivity contribution in [1.29, 1.82) is 0 Å². The third-order valence-corrected chi connectivity index (χ3v) is 4.25. The first-order valence-corrected chi connectivity index (χ1v) is 8.45. The molecule has 1 saturated carbocycles. The monoisotopic (exact) mass is 382 g/mol. The van der Waals surface area contributed by atoms with E-state index in [0.717, 1.165) is 50.6 Å². The van der Waals surface area contributed by atoms with Crippen molar-refractivity contribution < 1.29 is 22.8 Å². The summed E-state index contributed by atoms with van der Waals surface area (Å²) in [6.45, 7) is 0. The van der Waals surface area contributed by atoms with E-state index >= 15 is 0 Å². The lowest BCUT2D eigenvalue weighted by atomic mass is 9.98. The minimum atomic E-state index is -4.52. The van der Waals surface area contributed by atoms with Crippen LogP contribution in [0.3, 0.4) is 0 Å². The van der Waals surface area contributed by atoms with Gasteiger partial charge in [-0.25, -0.2) is 4.98 Å². The highest BCUT2D eigenvalue weighted by molar-refractivity contribution is 5.68. The van der Waals surface area contributed by atoms with Crippen LogP contribution < -0.4 is 10.1 Å². The highest BCUT2D eigenvalue weighted by Crippen LogP contribution is 2.36. The third kappa shape index (κ3) is 4.63. The van der Waals surface area contributed by atoms with Gasteiger partial charge in [-0.05, 0) is 43.9 Å². The molecule has 0 unspecified atom stereocenters. The van der Waals surface area contributed by atoms with Crippen molar-refractivity contribution in [2.24, 2.45) is 0 Å². The number of nitrogens with zero attached hydrogens (tertiary/aromatic N) is 3. The Balaban J connectivity index is 1.89. The van der Waals surface area contributed by atoms with Crippen LogP contribution in [0.4, 0.5) is 30.4 Å². The lowest BCUT2D eigenvalue weighted by molar-refractivity contribution is -0.385.